The average Bonchev–Trinajstić information content (AvgIpc) is 2.69. The number of fused-ring (bicyclic) bond motifs is 1. The lowest BCUT2D eigenvalue weighted by Gasteiger charge is -2.13. The third kappa shape index (κ3) is 1.45. The van der Waals surface area contributed by atoms with Crippen LogP contribution >= 0.6 is 0 Å². The average molecular weight is 227 g/mol. The smallest absolute Gasteiger partial charge is 0.421 e. The van der Waals surface area contributed by atoms with Gasteiger partial charge in [0.05, 0.1) is 5.69 Å². The lowest BCUT2D eigenvalue weighted by molar-refractivity contribution is -0.117. The topological polar surface area (TPSA) is 46.6 Å². The van der Waals surface area contributed by atoms with Gasteiger partial charge in [-0.2, -0.15) is 0 Å². The molecule has 4 nitrogen and oxygen atoms in total. The highest BCUT2D eigenvalue weighted by atomic mass is 16.6. The first-order valence-corrected chi connectivity index (χ1v) is 5.25. The Labute approximate surface area is 97.4 Å². The minimum atomic E-state index is -0.605. The summed E-state index contributed by atoms with van der Waals surface area (Å²) in [5.74, 6) is -0.327. The van der Waals surface area contributed by atoms with E-state index in [2.05, 4.69) is 0 Å². The Morgan fingerprint density at radius 3 is 2.53 bits per heavy atom. The zero-order valence-corrected chi connectivity index (χ0v) is 8.92. The van der Waals surface area contributed by atoms with Crippen molar-refractivity contribution in [1.82, 2.24) is 0 Å². The van der Waals surface area contributed by atoms with Gasteiger partial charge in [-0.3, -0.25) is 4.79 Å². The number of hydrogen-bond donors (Lipinski definition) is 0. The molecule has 0 bridgehead atoms. The van der Waals surface area contributed by atoms with Gasteiger partial charge in [-0.25, -0.2) is 9.69 Å². The van der Waals surface area contributed by atoms with E-state index in [1.54, 1.807) is 6.07 Å². The first kappa shape index (κ1) is 9.84. The third-order valence-electron chi connectivity index (χ3n) is 2.76. The molecule has 1 saturated heterocycles. The number of amides is 2. The molecule has 2 aromatic rings. The van der Waals surface area contributed by atoms with E-state index in [9.17, 15) is 9.59 Å². The number of carbonyl (C=O) groups is 2. The van der Waals surface area contributed by atoms with Crippen LogP contribution in [0.4, 0.5) is 10.5 Å². The number of imide groups is 1. The predicted molar refractivity (Wildman–Crippen MR) is 62.8 cm³/mol. The number of benzene rings is 2. The second kappa shape index (κ2) is 3.59. The summed E-state index contributed by atoms with van der Waals surface area (Å²) in [7, 11) is 0. The van der Waals surface area contributed by atoms with Gasteiger partial charge in [0, 0.05) is 5.39 Å². The molecule has 4 heteroatoms. The summed E-state index contributed by atoms with van der Waals surface area (Å²) in [6.45, 7) is -0.179. The van der Waals surface area contributed by atoms with Gasteiger partial charge in [-0.15, -0.1) is 0 Å². The Kier molecular flexibility index (Phi) is 2.08. The van der Waals surface area contributed by atoms with Crippen LogP contribution in [0.3, 0.4) is 0 Å². The molecule has 1 fully saturated rings. The summed E-state index contributed by atoms with van der Waals surface area (Å²) in [6, 6.07) is 13.1. The number of ether oxygens (including phenoxy) is 1. The van der Waals surface area contributed by atoms with Crippen molar-refractivity contribution in [2.75, 3.05) is 11.5 Å². The van der Waals surface area contributed by atoms with E-state index in [1.165, 1.54) is 0 Å². The second-order valence-electron chi connectivity index (χ2n) is 3.78. The van der Waals surface area contributed by atoms with Crippen LogP contribution in [-0.2, 0) is 9.53 Å². The normalized spacial score (nSPS) is 15.4. The Morgan fingerprint density at radius 2 is 1.76 bits per heavy atom. The Hall–Kier alpha value is -2.36. The maximum absolute atomic E-state index is 11.6. The highest BCUT2D eigenvalue weighted by Crippen LogP contribution is 2.28. The minimum Gasteiger partial charge on any atom is -0.439 e. The predicted octanol–water partition coefficient (Wildman–Crippen LogP) is 2.32. The van der Waals surface area contributed by atoms with Gasteiger partial charge in [0.1, 0.15) is 0 Å². The van der Waals surface area contributed by atoms with Crippen LogP contribution < -0.4 is 4.90 Å². The molecule has 1 aliphatic heterocycles. The van der Waals surface area contributed by atoms with Gasteiger partial charge >= 0.3 is 6.09 Å². The quantitative estimate of drug-likeness (QED) is 0.751. The number of cyclic esters (lactones) is 1. The standard InChI is InChI=1S/C13H9NO3/c15-12-8-17-13(16)14(12)11-7-3-5-9-4-1-2-6-10(9)11/h1-7H,8H2. The lowest BCUT2D eigenvalue weighted by Crippen LogP contribution is -2.28. The van der Waals surface area contributed by atoms with Crippen molar-refractivity contribution >= 4 is 28.5 Å². The summed E-state index contributed by atoms with van der Waals surface area (Å²) in [5, 5.41) is 1.85. The lowest BCUT2D eigenvalue weighted by atomic mass is 10.1. The van der Waals surface area contributed by atoms with Gasteiger partial charge in [0.15, 0.2) is 6.61 Å². The Balaban J connectivity index is 2.23. The molecule has 1 heterocycles. The summed E-state index contributed by atoms with van der Waals surface area (Å²) in [5.41, 5.74) is 0.579. The van der Waals surface area contributed by atoms with Crippen molar-refractivity contribution in [2.24, 2.45) is 0 Å². The van der Waals surface area contributed by atoms with Crippen LogP contribution in [-0.4, -0.2) is 18.6 Å². The van der Waals surface area contributed by atoms with E-state index in [-0.39, 0.29) is 12.5 Å². The largest absolute Gasteiger partial charge is 0.439 e. The summed E-state index contributed by atoms with van der Waals surface area (Å²) < 4.78 is 4.72. The SMILES string of the molecule is O=C1COC(=O)N1c1cccc2ccccc12. The van der Waals surface area contributed by atoms with Gasteiger partial charge in [-0.1, -0.05) is 36.4 Å². The van der Waals surface area contributed by atoms with Gasteiger partial charge in [-0.05, 0) is 11.5 Å². The van der Waals surface area contributed by atoms with E-state index in [1.807, 2.05) is 36.4 Å². The van der Waals surface area contributed by atoms with Gasteiger partial charge in [0.2, 0.25) is 0 Å². The number of rotatable bonds is 1. The molecule has 0 atom stereocenters. The van der Waals surface area contributed by atoms with Crippen molar-refractivity contribution in [3.63, 3.8) is 0 Å². The van der Waals surface area contributed by atoms with E-state index in [0.717, 1.165) is 15.7 Å². The monoisotopic (exact) mass is 227 g/mol. The van der Waals surface area contributed by atoms with Crippen molar-refractivity contribution in [3.05, 3.63) is 42.5 Å². The molecule has 0 unspecified atom stereocenters. The van der Waals surface area contributed by atoms with Crippen LogP contribution in [0.1, 0.15) is 0 Å². The maximum Gasteiger partial charge on any atom is 0.421 e. The minimum absolute atomic E-state index is 0.179. The summed E-state index contributed by atoms with van der Waals surface area (Å²) in [4.78, 5) is 24.2. The first-order valence-electron chi connectivity index (χ1n) is 5.25. The fraction of sp³-hybridized carbons (Fsp3) is 0.0769. The highest BCUT2D eigenvalue weighted by Gasteiger charge is 2.33. The number of hydrogen-bond acceptors (Lipinski definition) is 3. The van der Waals surface area contributed by atoms with Crippen molar-refractivity contribution < 1.29 is 14.3 Å². The van der Waals surface area contributed by atoms with Gasteiger partial charge < -0.3 is 4.74 Å². The van der Waals surface area contributed by atoms with E-state index in [0.29, 0.717) is 5.69 Å². The van der Waals surface area contributed by atoms with E-state index < -0.39 is 6.09 Å². The maximum atomic E-state index is 11.6. The molecule has 0 saturated carbocycles. The van der Waals surface area contributed by atoms with Crippen LogP contribution in [0.15, 0.2) is 42.5 Å². The fourth-order valence-corrected chi connectivity index (χ4v) is 1.99. The Bertz CT molecular complexity index is 600. The van der Waals surface area contributed by atoms with Crippen LogP contribution in [0.2, 0.25) is 0 Å². The molecule has 0 radical (unpaired) electrons. The molecule has 1 aliphatic rings. The van der Waals surface area contributed by atoms with E-state index >= 15 is 0 Å². The molecule has 3 rings (SSSR count). The van der Waals surface area contributed by atoms with Crippen LogP contribution in [0.5, 0.6) is 0 Å². The van der Waals surface area contributed by atoms with Crippen LogP contribution in [0.25, 0.3) is 10.8 Å². The molecule has 17 heavy (non-hydrogen) atoms. The zero-order valence-electron chi connectivity index (χ0n) is 8.92. The third-order valence-corrected chi connectivity index (χ3v) is 2.76. The molecule has 0 N–H and O–H groups in total. The molecular formula is C13H9NO3. The van der Waals surface area contributed by atoms with E-state index in [4.69, 9.17) is 4.74 Å². The molecule has 84 valence electrons. The summed E-state index contributed by atoms with van der Waals surface area (Å²) in [6.07, 6.45) is -0.605. The second-order valence-corrected chi connectivity index (χ2v) is 3.78. The summed E-state index contributed by atoms with van der Waals surface area (Å²) >= 11 is 0. The first-order chi connectivity index (χ1) is 8.27. The van der Waals surface area contributed by atoms with Crippen molar-refractivity contribution in [1.29, 1.82) is 0 Å². The van der Waals surface area contributed by atoms with Crippen molar-refractivity contribution in [3.8, 4) is 0 Å². The molecule has 0 spiro atoms. The number of carbonyl (C=O) groups excluding carboxylic acids is 2. The molecule has 0 aliphatic carbocycles. The molecule has 2 amide bonds. The molecule has 2 aromatic carbocycles. The number of nitrogens with zero attached hydrogens (tertiary/aromatic N) is 1. The Morgan fingerprint density at radius 1 is 1.00 bits per heavy atom. The highest BCUT2D eigenvalue weighted by molar-refractivity contribution is 6.20. The van der Waals surface area contributed by atoms with Crippen molar-refractivity contribution in [2.45, 2.75) is 0 Å². The van der Waals surface area contributed by atoms with Gasteiger partial charge in [0.25, 0.3) is 5.91 Å². The fourth-order valence-electron chi connectivity index (χ4n) is 1.99. The molecular weight excluding hydrogens is 218 g/mol. The number of anilines is 1. The van der Waals surface area contributed by atoms with Crippen LogP contribution in [0, 0.1) is 0 Å². The zero-order chi connectivity index (χ0) is 11.8. The molecule has 0 aromatic heterocycles.